The van der Waals surface area contributed by atoms with E-state index >= 15 is 0 Å². The van der Waals surface area contributed by atoms with Crippen LogP contribution in [0.15, 0.2) is 42.5 Å². The van der Waals surface area contributed by atoms with Crippen LogP contribution in [0.1, 0.15) is 11.1 Å². The third-order valence-corrected chi connectivity index (χ3v) is 3.31. The largest absolute Gasteiger partial charge is 0.497 e. The minimum Gasteiger partial charge on any atom is -0.497 e. The van der Waals surface area contributed by atoms with Crippen molar-refractivity contribution < 1.29 is 9.53 Å². The number of hydrogen-bond donors (Lipinski definition) is 3. The van der Waals surface area contributed by atoms with Crippen molar-refractivity contribution in [1.82, 2.24) is 5.32 Å². The number of carbonyl (C=O) groups excluding carboxylic acids is 1. The highest BCUT2D eigenvalue weighted by Gasteiger charge is 2.04. The predicted molar refractivity (Wildman–Crippen MR) is 89.3 cm³/mol. The highest BCUT2D eigenvalue weighted by atomic mass is 16.5. The van der Waals surface area contributed by atoms with Gasteiger partial charge in [-0.05, 0) is 48.7 Å². The molecule has 0 saturated carbocycles. The van der Waals surface area contributed by atoms with Crippen LogP contribution in [0.5, 0.6) is 5.75 Å². The van der Waals surface area contributed by atoms with Gasteiger partial charge in [0.2, 0.25) is 0 Å². The van der Waals surface area contributed by atoms with Gasteiger partial charge < -0.3 is 21.1 Å². The highest BCUT2D eigenvalue weighted by molar-refractivity contribution is 5.92. The summed E-state index contributed by atoms with van der Waals surface area (Å²) >= 11 is 0. The molecule has 0 aromatic heterocycles. The Hall–Kier alpha value is -2.69. The van der Waals surface area contributed by atoms with Gasteiger partial charge in [-0.2, -0.15) is 0 Å². The smallest absolute Gasteiger partial charge is 0.319 e. The summed E-state index contributed by atoms with van der Waals surface area (Å²) in [4.78, 5) is 11.8. The molecule has 0 unspecified atom stereocenters. The number of aryl methyl sites for hydroxylation is 1. The molecule has 0 radical (unpaired) electrons. The van der Waals surface area contributed by atoms with Crippen LogP contribution in [0.25, 0.3) is 0 Å². The lowest BCUT2D eigenvalue weighted by Gasteiger charge is -2.10. The first-order chi connectivity index (χ1) is 10.6. The number of methoxy groups -OCH3 is 1. The molecule has 0 bridgehead atoms. The number of nitrogen functional groups attached to an aromatic ring is 1. The molecule has 2 aromatic rings. The molecule has 2 rings (SSSR count). The van der Waals surface area contributed by atoms with Crippen molar-refractivity contribution in [3.63, 3.8) is 0 Å². The average molecular weight is 299 g/mol. The van der Waals surface area contributed by atoms with Crippen molar-refractivity contribution in [2.24, 2.45) is 0 Å². The minimum atomic E-state index is -0.260. The van der Waals surface area contributed by atoms with Crippen molar-refractivity contribution in [2.45, 2.75) is 13.3 Å². The summed E-state index contributed by atoms with van der Waals surface area (Å²) in [6, 6.07) is 13.0. The fourth-order valence-electron chi connectivity index (χ4n) is 2.08. The zero-order chi connectivity index (χ0) is 15.9. The van der Waals surface area contributed by atoms with Crippen LogP contribution < -0.4 is 21.1 Å². The molecule has 116 valence electrons. The molecular weight excluding hydrogens is 278 g/mol. The van der Waals surface area contributed by atoms with Crippen molar-refractivity contribution >= 4 is 17.4 Å². The Morgan fingerprint density at radius 3 is 2.55 bits per heavy atom. The van der Waals surface area contributed by atoms with Gasteiger partial charge in [0.05, 0.1) is 18.5 Å². The van der Waals surface area contributed by atoms with Crippen molar-refractivity contribution in [1.29, 1.82) is 0 Å². The average Bonchev–Trinajstić information content (AvgIpc) is 2.51. The van der Waals surface area contributed by atoms with E-state index in [1.54, 1.807) is 13.2 Å². The fraction of sp³-hybridized carbons (Fsp3) is 0.235. The molecule has 4 N–H and O–H groups in total. The third-order valence-electron chi connectivity index (χ3n) is 3.31. The van der Waals surface area contributed by atoms with E-state index in [4.69, 9.17) is 10.5 Å². The van der Waals surface area contributed by atoms with E-state index in [-0.39, 0.29) is 6.03 Å². The summed E-state index contributed by atoms with van der Waals surface area (Å²) in [7, 11) is 1.64. The number of nitrogens with two attached hydrogens (primary N) is 1. The standard InChI is InChI=1S/C17H21N3O2/c1-12-3-8-16(15(18)11-12)20-17(21)19-10-9-13-4-6-14(22-2)7-5-13/h3-8,11H,9-10,18H2,1-2H3,(H2,19,20,21). The molecule has 5 nitrogen and oxygen atoms in total. The molecule has 0 aliphatic heterocycles. The van der Waals surface area contributed by atoms with E-state index in [9.17, 15) is 4.79 Å². The van der Waals surface area contributed by atoms with Crippen molar-refractivity contribution in [3.8, 4) is 5.75 Å². The van der Waals surface area contributed by atoms with Gasteiger partial charge in [0.1, 0.15) is 5.75 Å². The first-order valence-electron chi connectivity index (χ1n) is 7.12. The molecule has 0 aliphatic rings. The zero-order valence-electron chi connectivity index (χ0n) is 12.8. The van der Waals surface area contributed by atoms with Crippen LogP contribution in [0.4, 0.5) is 16.2 Å². The Morgan fingerprint density at radius 2 is 1.91 bits per heavy atom. The minimum absolute atomic E-state index is 0.260. The van der Waals surface area contributed by atoms with Gasteiger partial charge in [-0.25, -0.2) is 4.79 Å². The number of urea groups is 1. The van der Waals surface area contributed by atoms with Crippen LogP contribution >= 0.6 is 0 Å². The van der Waals surface area contributed by atoms with Crippen molar-refractivity contribution in [3.05, 3.63) is 53.6 Å². The van der Waals surface area contributed by atoms with E-state index < -0.39 is 0 Å². The summed E-state index contributed by atoms with van der Waals surface area (Å²) in [5.74, 6) is 0.823. The SMILES string of the molecule is COc1ccc(CCNC(=O)Nc2ccc(C)cc2N)cc1. The Labute approximate surface area is 130 Å². The molecule has 0 saturated heterocycles. The number of rotatable bonds is 5. The van der Waals surface area contributed by atoms with E-state index in [0.29, 0.717) is 17.9 Å². The molecule has 0 atom stereocenters. The van der Waals surface area contributed by atoms with Gasteiger partial charge in [-0.15, -0.1) is 0 Å². The van der Waals surface area contributed by atoms with Crippen LogP contribution in [0.2, 0.25) is 0 Å². The van der Waals surface area contributed by atoms with Crippen LogP contribution in [-0.4, -0.2) is 19.7 Å². The number of carbonyl (C=O) groups is 1. The van der Waals surface area contributed by atoms with E-state index in [2.05, 4.69) is 10.6 Å². The highest BCUT2D eigenvalue weighted by Crippen LogP contribution is 2.19. The predicted octanol–water partition coefficient (Wildman–Crippen LogP) is 2.95. The maximum atomic E-state index is 11.8. The van der Waals surface area contributed by atoms with Gasteiger partial charge in [0.25, 0.3) is 0 Å². The molecule has 0 spiro atoms. The van der Waals surface area contributed by atoms with Gasteiger partial charge in [0, 0.05) is 6.54 Å². The molecule has 22 heavy (non-hydrogen) atoms. The van der Waals surface area contributed by atoms with E-state index in [0.717, 1.165) is 23.3 Å². The number of hydrogen-bond acceptors (Lipinski definition) is 3. The Kier molecular flexibility index (Phi) is 5.25. The van der Waals surface area contributed by atoms with Crippen LogP contribution in [0, 0.1) is 6.92 Å². The van der Waals surface area contributed by atoms with Crippen LogP contribution in [0.3, 0.4) is 0 Å². The quantitative estimate of drug-likeness (QED) is 0.743. The van der Waals surface area contributed by atoms with Crippen LogP contribution in [-0.2, 0) is 6.42 Å². The molecule has 2 aromatic carbocycles. The Bertz CT molecular complexity index is 639. The maximum absolute atomic E-state index is 11.8. The zero-order valence-corrected chi connectivity index (χ0v) is 12.8. The topological polar surface area (TPSA) is 76.4 Å². The van der Waals surface area contributed by atoms with E-state index in [1.807, 2.05) is 43.3 Å². The number of nitrogens with one attached hydrogen (secondary N) is 2. The fourth-order valence-corrected chi connectivity index (χ4v) is 2.08. The molecule has 0 heterocycles. The summed E-state index contributed by atoms with van der Waals surface area (Å²) < 4.78 is 5.11. The molecule has 0 fully saturated rings. The number of amides is 2. The Morgan fingerprint density at radius 1 is 1.18 bits per heavy atom. The van der Waals surface area contributed by atoms with Crippen molar-refractivity contribution in [2.75, 3.05) is 24.7 Å². The second kappa shape index (κ2) is 7.36. The van der Waals surface area contributed by atoms with Gasteiger partial charge in [-0.3, -0.25) is 0 Å². The van der Waals surface area contributed by atoms with Gasteiger partial charge >= 0.3 is 6.03 Å². The Balaban J connectivity index is 1.79. The first kappa shape index (κ1) is 15.7. The van der Waals surface area contributed by atoms with Gasteiger partial charge in [-0.1, -0.05) is 18.2 Å². The summed E-state index contributed by atoms with van der Waals surface area (Å²) in [6.07, 6.45) is 0.751. The summed E-state index contributed by atoms with van der Waals surface area (Å²) in [5.41, 5.74) is 9.23. The molecule has 2 amide bonds. The monoisotopic (exact) mass is 299 g/mol. The normalized spacial score (nSPS) is 10.1. The molecular formula is C17H21N3O2. The lowest BCUT2D eigenvalue weighted by Crippen LogP contribution is -2.30. The number of benzene rings is 2. The second-order valence-electron chi connectivity index (χ2n) is 5.07. The molecule has 5 heteroatoms. The number of ether oxygens (including phenoxy) is 1. The summed E-state index contributed by atoms with van der Waals surface area (Å²) in [6.45, 7) is 2.50. The summed E-state index contributed by atoms with van der Waals surface area (Å²) in [5, 5.41) is 5.56. The second-order valence-corrected chi connectivity index (χ2v) is 5.07. The number of anilines is 2. The third kappa shape index (κ3) is 4.41. The maximum Gasteiger partial charge on any atom is 0.319 e. The van der Waals surface area contributed by atoms with Gasteiger partial charge in [0.15, 0.2) is 0 Å². The lowest BCUT2D eigenvalue weighted by atomic mass is 10.1. The molecule has 0 aliphatic carbocycles. The first-order valence-corrected chi connectivity index (χ1v) is 7.12. The lowest BCUT2D eigenvalue weighted by molar-refractivity contribution is 0.252. The van der Waals surface area contributed by atoms with E-state index in [1.165, 1.54) is 0 Å².